The third-order valence-electron chi connectivity index (χ3n) is 4.06. The maximum absolute atomic E-state index is 9.79. The predicted octanol–water partition coefficient (Wildman–Crippen LogP) is 2.98. The number of hydrogen-bond acceptors (Lipinski definition) is 3. The van der Waals surface area contributed by atoms with E-state index in [1.807, 2.05) is 0 Å². The largest absolute Gasteiger partial charge is 0.396 e. The summed E-state index contributed by atoms with van der Waals surface area (Å²) >= 11 is 1.79. The van der Waals surface area contributed by atoms with Crippen molar-refractivity contribution in [3.8, 4) is 0 Å². The molecule has 2 heterocycles. The van der Waals surface area contributed by atoms with Crippen LogP contribution in [0.15, 0.2) is 29.6 Å². The van der Waals surface area contributed by atoms with E-state index in [1.165, 1.54) is 28.5 Å². The molecule has 2 nitrogen and oxygen atoms in total. The lowest BCUT2D eigenvalue weighted by atomic mass is 9.81. The number of piperidine rings is 1. The number of aliphatic hydroxyl groups is 1. The molecule has 3 rings (SSSR count). The third-order valence-corrected chi connectivity index (χ3v) is 5.04. The van der Waals surface area contributed by atoms with E-state index in [4.69, 9.17) is 0 Å². The number of fused-ring (bicyclic) bond motifs is 1. The number of benzene rings is 1. The highest BCUT2D eigenvalue weighted by Crippen LogP contribution is 2.37. The molecule has 0 radical (unpaired) electrons. The number of rotatable bonds is 3. The van der Waals surface area contributed by atoms with Crippen LogP contribution in [0.5, 0.6) is 0 Å². The number of hydrogen-bond donors (Lipinski definition) is 2. The zero-order valence-corrected chi connectivity index (χ0v) is 11.2. The van der Waals surface area contributed by atoms with Crippen LogP contribution in [0, 0.1) is 5.92 Å². The number of nitrogens with one attached hydrogen (secondary N) is 1. The zero-order valence-electron chi connectivity index (χ0n) is 10.4. The molecule has 96 valence electrons. The molecule has 0 saturated carbocycles. The maximum Gasteiger partial charge on any atom is 0.0502 e. The minimum absolute atomic E-state index is 0.269. The Morgan fingerprint density at radius 2 is 2.06 bits per heavy atom. The molecule has 1 saturated heterocycles. The van der Waals surface area contributed by atoms with Crippen LogP contribution in [0.1, 0.15) is 24.3 Å². The van der Waals surface area contributed by atoms with Gasteiger partial charge in [0.25, 0.3) is 0 Å². The average molecular weight is 261 g/mol. The lowest BCUT2D eigenvalue weighted by Gasteiger charge is -2.29. The van der Waals surface area contributed by atoms with Crippen molar-refractivity contribution in [3.63, 3.8) is 0 Å². The van der Waals surface area contributed by atoms with Crippen molar-refractivity contribution in [1.29, 1.82) is 0 Å². The molecule has 2 aromatic rings. The van der Waals surface area contributed by atoms with Crippen LogP contribution in [-0.4, -0.2) is 24.8 Å². The monoisotopic (exact) mass is 261 g/mol. The summed E-state index contributed by atoms with van der Waals surface area (Å²) in [5.41, 5.74) is 1.35. The Morgan fingerprint density at radius 3 is 2.83 bits per heavy atom. The second-order valence-electron chi connectivity index (χ2n) is 5.06. The van der Waals surface area contributed by atoms with Gasteiger partial charge < -0.3 is 10.4 Å². The quantitative estimate of drug-likeness (QED) is 0.890. The molecular weight excluding hydrogens is 242 g/mol. The Kier molecular flexibility index (Phi) is 3.64. The molecule has 1 aromatic carbocycles. The van der Waals surface area contributed by atoms with Gasteiger partial charge in [0, 0.05) is 10.6 Å². The van der Waals surface area contributed by atoms with Gasteiger partial charge in [-0.3, -0.25) is 0 Å². The summed E-state index contributed by atoms with van der Waals surface area (Å²) in [7, 11) is 0. The minimum Gasteiger partial charge on any atom is -0.396 e. The third kappa shape index (κ3) is 2.18. The summed E-state index contributed by atoms with van der Waals surface area (Å²) < 4.78 is 1.33. The van der Waals surface area contributed by atoms with Crippen LogP contribution in [0.2, 0.25) is 0 Å². The van der Waals surface area contributed by atoms with Crippen molar-refractivity contribution in [2.75, 3.05) is 19.7 Å². The molecule has 0 bridgehead atoms. The first kappa shape index (κ1) is 12.2. The summed E-state index contributed by atoms with van der Waals surface area (Å²) in [5.74, 6) is 0.928. The van der Waals surface area contributed by atoms with Gasteiger partial charge in [0.1, 0.15) is 0 Å². The van der Waals surface area contributed by atoms with Gasteiger partial charge in [-0.05, 0) is 54.2 Å². The molecule has 1 unspecified atom stereocenters. The molecule has 18 heavy (non-hydrogen) atoms. The van der Waals surface area contributed by atoms with Crippen LogP contribution in [0.4, 0.5) is 0 Å². The molecule has 0 aliphatic carbocycles. The van der Waals surface area contributed by atoms with Crippen LogP contribution in [0.3, 0.4) is 0 Å². The van der Waals surface area contributed by atoms with Crippen molar-refractivity contribution < 1.29 is 5.11 Å². The van der Waals surface area contributed by atoms with Gasteiger partial charge in [0.2, 0.25) is 0 Å². The van der Waals surface area contributed by atoms with Gasteiger partial charge in [0.15, 0.2) is 0 Å². The molecule has 2 N–H and O–H groups in total. The Morgan fingerprint density at radius 1 is 1.28 bits per heavy atom. The van der Waals surface area contributed by atoms with Crippen LogP contribution in [-0.2, 0) is 0 Å². The van der Waals surface area contributed by atoms with E-state index in [9.17, 15) is 5.11 Å². The molecule has 1 fully saturated rings. The first-order valence-corrected chi connectivity index (χ1v) is 7.56. The molecule has 3 heteroatoms. The first-order chi connectivity index (χ1) is 8.90. The minimum atomic E-state index is 0.269. The van der Waals surface area contributed by atoms with Gasteiger partial charge in [0.05, 0.1) is 6.61 Å². The lowest BCUT2D eigenvalue weighted by Crippen LogP contribution is -2.31. The summed E-state index contributed by atoms with van der Waals surface area (Å²) in [4.78, 5) is 0. The Balaban J connectivity index is 1.95. The molecule has 1 aliphatic heterocycles. The van der Waals surface area contributed by atoms with Gasteiger partial charge in [-0.15, -0.1) is 11.3 Å². The molecule has 1 aromatic heterocycles. The standard InChI is InChI=1S/C15H19NOS/c17-9-13(11-5-7-16-8-6-11)14-10-18-15-4-2-1-3-12(14)15/h1-4,10-11,13,16-17H,5-9H2. The van der Waals surface area contributed by atoms with Gasteiger partial charge in [-0.1, -0.05) is 18.2 Å². The maximum atomic E-state index is 9.79. The Bertz CT molecular complexity index is 516. The van der Waals surface area contributed by atoms with Crippen LogP contribution in [0.25, 0.3) is 10.1 Å². The van der Waals surface area contributed by atoms with Gasteiger partial charge >= 0.3 is 0 Å². The number of thiophene rings is 1. The smallest absolute Gasteiger partial charge is 0.0502 e. The highest BCUT2D eigenvalue weighted by atomic mass is 32.1. The van der Waals surface area contributed by atoms with E-state index in [-0.39, 0.29) is 6.61 Å². The first-order valence-electron chi connectivity index (χ1n) is 6.68. The van der Waals surface area contributed by atoms with E-state index in [1.54, 1.807) is 11.3 Å². The van der Waals surface area contributed by atoms with Crippen molar-refractivity contribution in [2.45, 2.75) is 18.8 Å². The van der Waals surface area contributed by atoms with E-state index in [0.29, 0.717) is 11.8 Å². The second kappa shape index (κ2) is 5.39. The molecule has 1 atom stereocenters. The van der Waals surface area contributed by atoms with E-state index in [2.05, 4.69) is 35.0 Å². The fourth-order valence-corrected chi connectivity index (χ4v) is 4.06. The van der Waals surface area contributed by atoms with Crippen LogP contribution < -0.4 is 5.32 Å². The van der Waals surface area contributed by atoms with Gasteiger partial charge in [-0.25, -0.2) is 0 Å². The van der Waals surface area contributed by atoms with Crippen molar-refractivity contribution in [1.82, 2.24) is 5.32 Å². The summed E-state index contributed by atoms with van der Waals surface area (Å²) in [6, 6.07) is 8.53. The van der Waals surface area contributed by atoms with Crippen molar-refractivity contribution in [2.24, 2.45) is 5.92 Å². The fraction of sp³-hybridized carbons (Fsp3) is 0.467. The highest BCUT2D eigenvalue weighted by molar-refractivity contribution is 7.17. The lowest BCUT2D eigenvalue weighted by molar-refractivity contribution is 0.202. The SMILES string of the molecule is OCC(c1csc2ccccc12)C1CCNCC1. The molecular formula is C15H19NOS. The summed E-state index contributed by atoms with van der Waals surface area (Å²) in [6.45, 7) is 2.44. The summed E-state index contributed by atoms with van der Waals surface area (Å²) in [5, 5.41) is 16.8. The number of aliphatic hydroxyl groups excluding tert-OH is 1. The molecule has 1 aliphatic rings. The second-order valence-corrected chi connectivity index (χ2v) is 5.97. The Labute approximate surface area is 112 Å². The van der Waals surface area contributed by atoms with Crippen molar-refractivity contribution in [3.05, 3.63) is 35.2 Å². The topological polar surface area (TPSA) is 32.3 Å². The zero-order chi connectivity index (χ0) is 12.4. The Hall–Kier alpha value is -0.900. The normalized spacial score (nSPS) is 19.2. The average Bonchev–Trinajstić information content (AvgIpc) is 2.85. The predicted molar refractivity (Wildman–Crippen MR) is 77.2 cm³/mol. The van der Waals surface area contributed by atoms with Crippen LogP contribution >= 0.6 is 11.3 Å². The molecule has 0 spiro atoms. The highest BCUT2D eigenvalue weighted by Gasteiger charge is 2.26. The van der Waals surface area contributed by atoms with E-state index >= 15 is 0 Å². The van der Waals surface area contributed by atoms with E-state index < -0.39 is 0 Å². The van der Waals surface area contributed by atoms with E-state index in [0.717, 1.165) is 13.1 Å². The van der Waals surface area contributed by atoms with Crippen molar-refractivity contribution >= 4 is 21.4 Å². The summed E-state index contributed by atoms with van der Waals surface area (Å²) in [6.07, 6.45) is 2.35. The molecule has 0 amide bonds. The van der Waals surface area contributed by atoms with Gasteiger partial charge in [-0.2, -0.15) is 0 Å². The fourth-order valence-electron chi connectivity index (χ4n) is 3.03.